The summed E-state index contributed by atoms with van der Waals surface area (Å²) in [6.07, 6.45) is -1.61. The standard InChI is InChI=1S/C12H14N4O3S2.C2HF3O2/c17-10(18)3-6-20-21-7-4-13-12(19)9-2-1-5-16-8-14-15-11(9)16;3-2(4,5)1(6)7/h1-2,5,8H,3-4,6-7H2,(H,13,19)(H,17,18);(H,6,7). The molecule has 1 amide bonds. The Labute approximate surface area is 164 Å². The lowest BCUT2D eigenvalue weighted by atomic mass is 10.2. The number of nitrogens with one attached hydrogen (secondary N) is 1. The molecule has 0 spiro atoms. The van der Waals surface area contributed by atoms with Gasteiger partial charge in [0.1, 0.15) is 6.33 Å². The summed E-state index contributed by atoms with van der Waals surface area (Å²) in [5.74, 6) is -2.46. The summed E-state index contributed by atoms with van der Waals surface area (Å²) < 4.78 is 33.4. The van der Waals surface area contributed by atoms with Gasteiger partial charge in [-0.25, -0.2) is 4.79 Å². The number of rotatable bonds is 8. The molecule has 9 nitrogen and oxygen atoms in total. The summed E-state index contributed by atoms with van der Waals surface area (Å²) in [7, 11) is 3.03. The molecule has 0 aromatic carbocycles. The molecule has 2 heterocycles. The second kappa shape index (κ2) is 11.4. The number of fused-ring (bicyclic) bond motifs is 1. The molecule has 0 saturated carbocycles. The molecule has 0 aliphatic carbocycles. The lowest BCUT2D eigenvalue weighted by molar-refractivity contribution is -0.192. The summed E-state index contributed by atoms with van der Waals surface area (Å²) in [6.45, 7) is 0.513. The van der Waals surface area contributed by atoms with Crippen molar-refractivity contribution in [2.45, 2.75) is 12.6 Å². The topological polar surface area (TPSA) is 134 Å². The monoisotopic (exact) mass is 440 g/mol. The number of carbonyl (C=O) groups excluding carboxylic acids is 1. The predicted octanol–water partition coefficient (Wildman–Crippen LogP) is 1.95. The van der Waals surface area contributed by atoms with Crippen LogP contribution in [0.4, 0.5) is 13.2 Å². The van der Waals surface area contributed by atoms with Gasteiger partial charge in [0.05, 0.1) is 12.0 Å². The summed E-state index contributed by atoms with van der Waals surface area (Å²) in [5, 5.41) is 26.1. The first-order chi connectivity index (χ1) is 13.1. The van der Waals surface area contributed by atoms with E-state index in [2.05, 4.69) is 15.5 Å². The molecule has 0 aliphatic rings. The van der Waals surface area contributed by atoms with Crippen LogP contribution in [0, 0.1) is 0 Å². The molecule has 3 N–H and O–H groups in total. The molecular formula is C14H15F3N4O5S2. The van der Waals surface area contributed by atoms with Crippen molar-refractivity contribution in [2.24, 2.45) is 0 Å². The van der Waals surface area contributed by atoms with E-state index >= 15 is 0 Å². The first kappa shape index (κ1) is 23.6. The highest BCUT2D eigenvalue weighted by atomic mass is 33.1. The minimum atomic E-state index is -5.08. The summed E-state index contributed by atoms with van der Waals surface area (Å²) in [4.78, 5) is 31.3. The van der Waals surface area contributed by atoms with E-state index in [1.807, 2.05) is 0 Å². The fourth-order valence-electron chi connectivity index (χ4n) is 1.58. The normalized spacial score (nSPS) is 10.8. The van der Waals surface area contributed by atoms with Crippen LogP contribution >= 0.6 is 21.6 Å². The van der Waals surface area contributed by atoms with Gasteiger partial charge in [-0.3, -0.25) is 14.0 Å². The Balaban J connectivity index is 0.000000480. The maximum absolute atomic E-state index is 12.0. The third-order valence-electron chi connectivity index (χ3n) is 2.76. The predicted molar refractivity (Wildman–Crippen MR) is 96.2 cm³/mol. The fourth-order valence-corrected chi connectivity index (χ4v) is 3.46. The Bertz CT molecular complexity index is 816. The van der Waals surface area contributed by atoms with Crippen LogP contribution in [-0.4, -0.2) is 66.9 Å². The SMILES string of the molecule is O=C(O)C(F)(F)F.O=C(O)CCSSCCNC(=O)c1cccn2cnnc12. The highest BCUT2D eigenvalue weighted by Crippen LogP contribution is 2.21. The molecule has 0 fully saturated rings. The Kier molecular flexibility index (Phi) is 9.58. The van der Waals surface area contributed by atoms with E-state index in [-0.39, 0.29) is 12.3 Å². The van der Waals surface area contributed by atoms with Crippen molar-refractivity contribution in [3.05, 3.63) is 30.2 Å². The Morgan fingerprint density at radius 3 is 2.43 bits per heavy atom. The lowest BCUT2D eigenvalue weighted by Gasteiger charge is -2.05. The summed E-state index contributed by atoms with van der Waals surface area (Å²) in [5.41, 5.74) is 1.01. The van der Waals surface area contributed by atoms with Crippen LogP contribution in [0.1, 0.15) is 16.8 Å². The zero-order valence-electron chi connectivity index (χ0n) is 14.0. The smallest absolute Gasteiger partial charge is 0.481 e. The lowest BCUT2D eigenvalue weighted by Crippen LogP contribution is -2.26. The van der Waals surface area contributed by atoms with Crippen molar-refractivity contribution in [1.29, 1.82) is 0 Å². The first-order valence-corrected chi connectivity index (χ1v) is 9.94. The fraction of sp³-hybridized carbons (Fsp3) is 0.357. The molecule has 2 aromatic rings. The maximum Gasteiger partial charge on any atom is 0.490 e. The van der Waals surface area contributed by atoms with Gasteiger partial charge in [0.25, 0.3) is 5.91 Å². The third-order valence-corrected chi connectivity index (χ3v) is 5.17. The number of alkyl halides is 3. The Morgan fingerprint density at radius 1 is 1.18 bits per heavy atom. The van der Waals surface area contributed by atoms with Crippen LogP contribution in [-0.2, 0) is 9.59 Å². The molecular weight excluding hydrogens is 425 g/mol. The molecule has 0 atom stereocenters. The van der Waals surface area contributed by atoms with Gasteiger partial charge in [0.2, 0.25) is 0 Å². The number of amides is 1. The molecule has 0 saturated heterocycles. The number of aromatic nitrogens is 3. The van der Waals surface area contributed by atoms with Gasteiger partial charge in [-0.1, -0.05) is 21.6 Å². The van der Waals surface area contributed by atoms with E-state index in [4.69, 9.17) is 15.0 Å². The second-order valence-electron chi connectivity index (χ2n) is 4.83. The molecule has 0 unspecified atom stereocenters. The molecule has 2 aromatic heterocycles. The van der Waals surface area contributed by atoms with Crippen LogP contribution in [0.2, 0.25) is 0 Å². The summed E-state index contributed by atoms with van der Waals surface area (Å²) >= 11 is 0. The first-order valence-electron chi connectivity index (χ1n) is 7.45. The van der Waals surface area contributed by atoms with Gasteiger partial charge in [0.15, 0.2) is 5.65 Å². The zero-order chi connectivity index (χ0) is 21.2. The van der Waals surface area contributed by atoms with E-state index in [0.717, 1.165) is 0 Å². The zero-order valence-corrected chi connectivity index (χ0v) is 15.7. The highest BCUT2D eigenvalue weighted by molar-refractivity contribution is 8.76. The van der Waals surface area contributed by atoms with Crippen molar-refractivity contribution in [2.75, 3.05) is 18.1 Å². The minimum absolute atomic E-state index is 0.152. The van der Waals surface area contributed by atoms with E-state index in [0.29, 0.717) is 29.3 Å². The Hall–Kier alpha value is -2.48. The molecule has 28 heavy (non-hydrogen) atoms. The number of carboxylic acids is 2. The highest BCUT2D eigenvalue weighted by Gasteiger charge is 2.38. The van der Waals surface area contributed by atoms with Crippen molar-refractivity contribution >= 4 is 45.1 Å². The molecule has 2 rings (SSSR count). The van der Waals surface area contributed by atoms with Crippen LogP contribution in [0.5, 0.6) is 0 Å². The number of carboxylic acid groups (broad SMARTS) is 2. The molecule has 14 heteroatoms. The molecule has 0 bridgehead atoms. The van der Waals surface area contributed by atoms with Gasteiger partial charge in [-0.15, -0.1) is 10.2 Å². The second-order valence-corrected chi connectivity index (χ2v) is 7.53. The number of hydrogen-bond donors (Lipinski definition) is 3. The summed E-state index contributed by atoms with van der Waals surface area (Å²) in [6, 6.07) is 3.47. The minimum Gasteiger partial charge on any atom is -0.481 e. The van der Waals surface area contributed by atoms with Crippen molar-refractivity contribution in [3.8, 4) is 0 Å². The van der Waals surface area contributed by atoms with Gasteiger partial charge in [-0.2, -0.15) is 13.2 Å². The van der Waals surface area contributed by atoms with Gasteiger partial charge in [0, 0.05) is 24.2 Å². The largest absolute Gasteiger partial charge is 0.490 e. The average Bonchev–Trinajstić information content (AvgIpc) is 3.08. The molecule has 0 aliphatic heterocycles. The Morgan fingerprint density at radius 2 is 1.82 bits per heavy atom. The molecule has 0 radical (unpaired) electrons. The van der Waals surface area contributed by atoms with Crippen LogP contribution < -0.4 is 5.32 Å². The number of carbonyl (C=O) groups is 3. The number of pyridine rings is 1. The van der Waals surface area contributed by atoms with Crippen LogP contribution in [0.3, 0.4) is 0 Å². The quantitative estimate of drug-likeness (QED) is 0.416. The average molecular weight is 440 g/mol. The third kappa shape index (κ3) is 8.47. The van der Waals surface area contributed by atoms with Crippen LogP contribution in [0.25, 0.3) is 5.65 Å². The van der Waals surface area contributed by atoms with Crippen molar-refractivity contribution < 1.29 is 37.8 Å². The van der Waals surface area contributed by atoms with E-state index in [9.17, 15) is 22.8 Å². The van der Waals surface area contributed by atoms with Gasteiger partial charge >= 0.3 is 18.1 Å². The van der Waals surface area contributed by atoms with E-state index < -0.39 is 18.1 Å². The number of hydrogen-bond acceptors (Lipinski definition) is 7. The molecule has 154 valence electrons. The van der Waals surface area contributed by atoms with E-state index in [1.54, 1.807) is 39.9 Å². The number of halogens is 3. The van der Waals surface area contributed by atoms with Crippen molar-refractivity contribution in [3.63, 3.8) is 0 Å². The van der Waals surface area contributed by atoms with Crippen molar-refractivity contribution in [1.82, 2.24) is 19.9 Å². The number of aliphatic carboxylic acids is 2. The van der Waals surface area contributed by atoms with E-state index in [1.165, 1.54) is 10.8 Å². The maximum atomic E-state index is 12.0. The van der Waals surface area contributed by atoms with Gasteiger partial charge in [-0.05, 0) is 12.1 Å². The number of nitrogens with zero attached hydrogens (tertiary/aromatic N) is 3. The van der Waals surface area contributed by atoms with Crippen LogP contribution in [0.15, 0.2) is 24.7 Å². The van der Waals surface area contributed by atoms with Gasteiger partial charge < -0.3 is 15.5 Å².